The second-order valence-electron chi connectivity index (χ2n) is 4.49. The van der Waals surface area contributed by atoms with Crippen LogP contribution in [0.4, 0.5) is 0 Å². The molecule has 1 heterocycles. The molecule has 1 aromatic heterocycles. The van der Waals surface area contributed by atoms with Crippen molar-refractivity contribution in [2.24, 2.45) is 5.73 Å². The molecule has 0 radical (unpaired) electrons. The molecule has 0 aliphatic heterocycles. The number of sulfonamides is 1. The number of hydrogen-bond donors (Lipinski definition) is 3. The lowest BCUT2D eigenvalue weighted by atomic mass is 10.3. The summed E-state index contributed by atoms with van der Waals surface area (Å²) in [7, 11) is 0.223. The highest BCUT2D eigenvalue weighted by molar-refractivity contribution is 7.89. The van der Waals surface area contributed by atoms with Gasteiger partial charge in [-0.1, -0.05) is 0 Å². The summed E-state index contributed by atoms with van der Waals surface area (Å²) < 4.78 is 26.9. The molecule has 1 aromatic rings. The molecular weight excluding hydrogens is 254 g/mol. The van der Waals surface area contributed by atoms with E-state index in [0.717, 1.165) is 0 Å². The Kier molecular flexibility index (Phi) is 4.85. The number of likely N-dealkylation sites (N-methyl/N-ethyl adjacent to an activating group) is 1. The fraction of sp³-hybridized carbons (Fsp3) is 0.700. The number of nitrogens with one attached hydrogen (secondary N) is 2. The lowest BCUT2D eigenvalue weighted by Crippen LogP contribution is -2.38. The van der Waals surface area contributed by atoms with E-state index < -0.39 is 10.0 Å². The number of aromatic nitrogens is 2. The van der Waals surface area contributed by atoms with Crippen molar-refractivity contribution in [3.05, 3.63) is 11.4 Å². The van der Waals surface area contributed by atoms with Crippen molar-refractivity contribution in [3.63, 3.8) is 0 Å². The average molecular weight is 275 g/mol. The van der Waals surface area contributed by atoms with Gasteiger partial charge in [-0.25, -0.2) is 13.1 Å². The van der Waals surface area contributed by atoms with Gasteiger partial charge in [-0.15, -0.1) is 0 Å². The number of H-pyrrole nitrogens is 1. The van der Waals surface area contributed by atoms with E-state index >= 15 is 0 Å². The maximum atomic E-state index is 12.2. The first kappa shape index (κ1) is 15.1. The van der Waals surface area contributed by atoms with Gasteiger partial charge in [0.05, 0.1) is 11.4 Å². The third-order valence-corrected chi connectivity index (χ3v) is 4.50. The molecular formula is C10H21N5O2S. The zero-order chi connectivity index (χ0) is 13.9. The van der Waals surface area contributed by atoms with Crippen molar-refractivity contribution in [3.8, 4) is 0 Å². The zero-order valence-corrected chi connectivity index (χ0v) is 12.0. The highest BCUT2D eigenvalue weighted by atomic mass is 32.2. The van der Waals surface area contributed by atoms with Gasteiger partial charge in [-0.05, 0) is 27.9 Å². The van der Waals surface area contributed by atoms with Gasteiger partial charge in [0.2, 0.25) is 10.0 Å². The van der Waals surface area contributed by atoms with E-state index in [2.05, 4.69) is 14.9 Å². The van der Waals surface area contributed by atoms with Crippen LogP contribution in [-0.2, 0) is 16.6 Å². The number of hydrogen-bond acceptors (Lipinski definition) is 5. The normalized spacial score (nSPS) is 14.1. The standard InChI is InChI=1S/C10H21N5O2S/c1-7(15(3)4)6-12-18(16,17)10-8(2)13-14-9(10)5-11/h7,12H,5-6,11H2,1-4H3,(H,13,14). The fourth-order valence-electron chi connectivity index (χ4n) is 1.45. The summed E-state index contributed by atoms with van der Waals surface area (Å²) in [6.45, 7) is 4.03. The van der Waals surface area contributed by atoms with Crippen molar-refractivity contribution in [1.82, 2.24) is 19.8 Å². The predicted molar refractivity (Wildman–Crippen MR) is 69.6 cm³/mol. The molecule has 7 nitrogen and oxygen atoms in total. The lowest BCUT2D eigenvalue weighted by molar-refractivity contribution is 0.314. The summed E-state index contributed by atoms with van der Waals surface area (Å²) in [6.07, 6.45) is 0. The molecule has 18 heavy (non-hydrogen) atoms. The highest BCUT2D eigenvalue weighted by Gasteiger charge is 2.24. The van der Waals surface area contributed by atoms with E-state index in [9.17, 15) is 8.42 Å². The minimum atomic E-state index is -3.57. The monoisotopic (exact) mass is 275 g/mol. The number of nitrogens with two attached hydrogens (primary N) is 1. The molecule has 0 aliphatic carbocycles. The molecule has 0 aromatic carbocycles. The molecule has 1 atom stereocenters. The maximum absolute atomic E-state index is 12.2. The molecule has 0 fully saturated rings. The van der Waals surface area contributed by atoms with Gasteiger partial charge in [0.1, 0.15) is 4.90 Å². The fourth-order valence-corrected chi connectivity index (χ4v) is 2.94. The minimum absolute atomic E-state index is 0.0871. The molecule has 1 unspecified atom stereocenters. The number of aryl methyl sites for hydroxylation is 1. The molecule has 0 saturated heterocycles. The van der Waals surface area contributed by atoms with Gasteiger partial charge in [0, 0.05) is 19.1 Å². The highest BCUT2D eigenvalue weighted by Crippen LogP contribution is 2.16. The van der Waals surface area contributed by atoms with E-state index in [-0.39, 0.29) is 17.5 Å². The van der Waals surface area contributed by atoms with Crippen molar-refractivity contribution in [1.29, 1.82) is 0 Å². The molecule has 104 valence electrons. The quantitative estimate of drug-likeness (QED) is 0.643. The van der Waals surface area contributed by atoms with Crippen LogP contribution in [0.5, 0.6) is 0 Å². The topological polar surface area (TPSA) is 104 Å². The van der Waals surface area contributed by atoms with Gasteiger partial charge in [-0.3, -0.25) is 5.10 Å². The number of nitrogens with zero attached hydrogens (tertiary/aromatic N) is 2. The Morgan fingerprint density at radius 1 is 1.50 bits per heavy atom. The maximum Gasteiger partial charge on any atom is 0.244 e. The lowest BCUT2D eigenvalue weighted by Gasteiger charge is -2.20. The molecule has 0 saturated carbocycles. The Morgan fingerprint density at radius 3 is 2.61 bits per heavy atom. The summed E-state index contributed by atoms with van der Waals surface area (Å²) in [5.41, 5.74) is 6.34. The van der Waals surface area contributed by atoms with Gasteiger partial charge >= 0.3 is 0 Å². The summed E-state index contributed by atoms with van der Waals surface area (Å²) in [6, 6.07) is 0.105. The smallest absolute Gasteiger partial charge is 0.244 e. The first-order valence-corrected chi connectivity index (χ1v) is 7.18. The van der Waals surface area contributed by atoms with Crippen LogP contribution in [0.1, 0.15) is 18.3 Å². The van der Waals surface area contributed by atoms with Crippen LogP contribution in [0.25, 0.3) is 0 Å². The Bertz CT molecular complexity index is 494. The van der Waals surface area contributed by atoms with Gasteiger partial charge < -0.3 is 10.6 Å². The molecule has 4 N–H and O–H groups in total. The van der Waals surface area contributed by atoms with Gasteiger partial charge in [-0.2, -0.15) is 5.10 Å². The summed E-state index contributed by atoms with van der Waals surface area (Å²) >= 11 is 0. The summed E-state index contributed by atoms with van der Waals surface area (Å²) in [5, 5.41) is 6.53. The van der Waals surface area contributed by atoms with Crippen molar-refractivity contribution in [2.75, 3.05) is 20.6 Å². The predicted octanol–water partition coefficient (Wildman–Crippen LogP) is -0.595. The SMILES string of the molecule is Cc1[nH]nc(CN)c1S(=O)(=O)NCC(C)N(C)C. The Labute approximate surface area is 108 Å². The largest absolute Gasteiger partial charge is 0.325 e. The van der Waals surface area contributed by atoms with Crippen LogP contribution in [0, 0.1) is 6.92 Å². The summed E-state index contributed by atoms with van der Waals surface area (Å²) in [5.74, 6) is 0. The molecule has 0 aliphatic rings. The van der Waals surface area contributed by atoms with Gasteiger partial charge in [0.15, 0.2) is 0 Å². The Hall–Kier alpha value is -0.960. The van der Waals surface area contributed by atoms with Crippen molar-refractivity contribution >= 4 is 10.0 Å². The van der Waals surface area contributed by atoms with Crippen molar-refractivity contribution < 1.29 is 8.42 Å². The van der Waals surface area contributed by atoms with E-state index in [1.807, 2.05) is 25.9 Å². The van der Waals surface area contributed by atoms with E-state index in [1.165, 1.54) is 0 Å². The first-order chi connectivity index (χ1) is 8.29. The van der Waals surface area contributed by atoms with Crippen molar-refractivity contribution in [2.45, 2.75) is 31.3 Å². The molecule has 1 rings (SSSR count). The second-order valence-corrected chi connectivity index (χ2v) is 6.20. The Morgan fingerprint density at radius 2 is 2.11 bits per heavy atom. The van der Waals surface area contributed by atoms with Crippen LogP contribution in [-0.4, -0.2) is 50.2 Å². The van der Waals surface area contributed by atoms with Crippen LogP contribution in [0.3, 0.4) is 0 Å². The van der Waals surface area contributed by atoms with Crippen LogP contribution in [0.15, 0.2) is 4.90 Å². The molecule has 8 heteroatoms. The third-order valence-electron chi connectivity index (χ3n) is 2.87. The molecule has 0 spiro atoms. The second kappa shape index (κ2) is 5.79. The number of aromatic amines is 1. The summed E-state index contributed by atoms with van der Waals surface area (Å²) in [4.78, 5) is 2.10. The Balaban J connectivity index is 2.90. The zero-order valence-electron chi connectivity index (χ0n) is 11.2. The first-order valence-electron chi connectivity index (χ1n) is 5.69. The van der Waals surface area contributed by atoms with Crippen LogP contribution >= 0.6 is 0 Å². The average Bonchev–Trinajstić information content (AvgIpc) is 2.67. The minimum Gasteiger partial charge on any atom is -0.325 e. The molecule has 0 bridgehead atoms. The third kappa shape index (κ3) is 3.29. The molecule has 0 amide bonds. The van der Waals surface area contributed by atoms with E-state index in [4.69, 9.17) is 5.73 Å². The van der Waals surface area contributed by atoms with E-state index in [1.54, 1.807) is 6.92 Å². The van der Waals surface area contributed by atoms with Crippen LogP contribution in [0.2, 0.25) is 0 Å². The van der Waals surface area contributed by atoms with Crippen LogP contribution < -0.4 is 10.5 Å². The number of rotatable bonds is 6. The van der Waals surface area contributed by atoms with Gasteiger partial charge in [0.25, 0.3) is 0 Å². The van der Waals surface area contributed by atoms with E-state index in [0.29, 0.717) is 17.9 Å².